The van der Waals surface area contributed by atoms with E-state index < -0.39 is 10.4 Å². The van der Waals surface area contributed by atoms with E-state index in [0.717, 1.165) is 37.6 Å². The van der Waals surface area contributed by atoms with Gasteiger partial charge in [-0.2, -0.15) is 4.72 Å². The molecule has 2 aromatic rings. The number of benzene rings is 1. The molecule has 1 atom stereocenters. The number of aliphatic imine (C=N–C) groups is 1. The Hall–Kier alpha value is -2.17. The third kappa shape index (κ3) is 6.74. The number of hydrogen-bond acceptors (Lipinski definition) is 7. The zero-order chi connectivity index (χ0) is 25.8. The fourth-order valence-electron chi connectivity index (χ4n) is 3.86. The first-order valence-corrected chi connectivity index (χ1v) is 13.6. The molecule has 0 amide bonds. The second-order valence-electron chi connectivity index (χ2n) is 8.82. The van der Waals surface area contributed by atoms with Crippen molar-refractivity contribution in [2.75, 3.05) is 38.1 Å². The van der Waals surface area contributed by atoms with Crippen molar-refractivity contribution >= 4 is 45.1 Å². The molecule has 1 aliphatic rings. The fourth-order valence-corrected chi connectivity index (χ4v) is 6.24. The van der Waals surface area contributed by atoms with Crippen molar-refractivity contribution in [2.24, 2.45) is 16.6 Å². The van der Waals surface area contributed by atoms with E-state index in [0.29, 0.717) is 23.4 Å². The highest BCUT2D eigenvalue weighted by Gasteiger charge is 2.31. The van der Waals surface area contributed by atoms with Crippen molar-refractivity contribution in [2.45, 2.75) is 32.1 Å². The summed E-state index contributed by atoms with van der Waals surface area (Å²) >= 11 is 13.0. The van der Waals surface area contributed by atoms with Crippen molar-refractivity contribution in [1.82, 2.24) is 15.0 Å². The molecule has 1 aromatic carbocycles. The largest absolute Gasteiger partial charge is 0.588 e. The number of hydrogen-bond donors (Lipinski definition) is 3. The molecular weight excluding hydrogens is 507 g/mol. The third-order valence-electron chi connectivity index (χ3n) is 5.67. The zero-order valence-corrected chi connectivity index (χ0v) is 22.7. The molecule has 1 aromatic heterocycles. The molecule has 1 aliphatic heterocycles. The molecule has 11 heteroatoms. The molecule has 0 radical (unpaired) electrons. The molecule has 0 saturated carbocycles. The number of nitrogens with zero attached hydrogens (tertiary/aromatic N) is 3. The quantitative estimate of drug-likeness (QED) is 0.341. The maximum Gasteiger partial charge on any atom is 0.217 e. The second-order valence-corrected chi connectivity index (χ2v) is 11.3. The van der Waals surface area contributed by atoms with E-state index in [9.17, 15) is 8.76 Å². The average Bonchev–Trinajstić information content (AvgIpc) is 2.81. The fraction of sp³-hybridized carbons (Fsp3) is 0.417. The Morgan fingerprint density at radius 2 is 1.89 bits per heavy atom. The van der Waals surface area contributed by atoms with Crippen LogP contribution in [-0.4, -0.2) is 48.5 Å². The van der Waals surface area contributed by atoms with E-state index in [1.807, 2.05) is 26.0 Å². The summed E-state index contributed by atoms with van der Waals surface area (Å²) in [5.41, 5.74) is 8.86. The third-order valence-corrected chi connectivity index (χ3v) is 7.94. The van der Waals surface area contributed by atoms with E-state index in [1.165, 1.54) is 0 Å². The van der Waals surface area contributed by atoms with Crippen LogP contribution in [0.15, 0.2) is 51.7 Å². The van der Waals surface area contributed by atoms with Gasteiger partial charge in [0.1, 0.15) is 11.5 Å². The van der Waals surface area contributed by atoms with Crippen LogP contribution in [0.3, 0.4) is 0 Å². The van der Waals surface area contributed by atoms with Gasteiger partial charge in [-0.1, -0.05) is 41.3 Å². The van der Waals surface area contributed by atoms with E-state index in [4.69, 9.17) is 28.9 Å². The van der Waals surface area contributed by atoms with Gasteiger partial charge in [0.15, 0.2) is 10.4 Å². The molecule has 0 aliphatic carbocycles. The van der Waals surface area contributed by atoms with Gasteiger partial charge in [-0.15, -0.1) is 0 Å². The Morgan fingerprint density at radius 3 is 2.46 bits per heavy atom. The van der Waals surface area contributed by atoms with Crippen LogP contribution in [0, 0.1) is 5.92 Å². The summed E-state index contributed by atoms with van der Waals surface area (Å²) in [5, 5.41) is 3.34. The Labute approximate surface area is 218 Å². The topological polar surface area (TPSA) is 119 Å². The number of rotatable bonds is 8. The Balaban J connectivity index is 1.96. The molecule has 0 bridgehead atoms. The summed E-state index contributed by atoms with van der Waals surface area (Å²) in [7, 11) is -2.57. The molecule has 1 unspecified atom stereocenters. The minimum atomic E-state index is -4.14. The summed E-state index contributed by atoms with van der Waals surface area (Å²) < 4.78 is 29.3. The summed E-state index contributed by atoms with van der Waals surface area (Å²) in [6.45, 7) is 9.19. The van der Waals surface area contributed by atoms with Crippen molar-refractivity contribution in [1.29, 1.82) is 0 Å². The van der Waals surface area contributed by atoms with Crippen molar-refractivity contribution in [3.63, 3.8) is 0 Å². The van der Waals surface area contributed by atoms with Gasteiger partial charge in [-0.25, -0.2) is 4.98 Å². The smallest absolute Gasteiger partial charge is 0.217 e. The first kappa shape index (κ1) is 27.4. The van der Waals surface area contributed by atoms with Crippen LogP contribution in [0.5, 0.6) is 0 Å². The van der Waals surface area contributed by atoms with Crippen LogP contribution in [0.2, 0.25) is 10.0 Å². The molecule has 2 heterocycles. The number of nitrogens with two attached hydrogens (primary N) is 1. The normalized spacial score (nSPS) is 17.3. The summed E-state index contributed by atoms with van der Waals surface area (Å²) in [6, 6.07) is 6.99. The van der Waals surface area contributed by atoms with E-state index >= 15 is 0 Å². The van der Waals surface area contributed by atoms with Gasteiger partial charge in [-0.05, 0) is 54.7 Å². The highest BCUT2D eigenvalue weighted by Crippen LogP contribution is 2.37. The Kier molecular flexibility index (Phi) is 9.17. The number of piperazine rings is 1. The number of allylic oxidation sites excluding steroid dienone is 2. The molecular formula is C24H32Cl2N6O2S. The molecule has 1 saturated heterocycles. The number of nitrogens with one attached hydrogen (secondary N) is 2. The predicted molar refractivity (Wildman–Crippen MR) is 145 cm³/mol. The molecule has 35 heavy (non-hydrogen) atoms. The number of pyridine rings is 1. The second kappa shape index (κ2) is 11.7. The van der Waals surface area contributed by atoms with Crippen LogP contribution in [0.25, 0.3) is 11.1 Å². The minimum absolute atomic E-state index is 0.00778. The molecule has 3 rings (SSSR count). The van der Waals surface area contributed by atoms with Gasteiger partial charge in [0.05, 0.1) is 15.8 Å². The number of anilines is 1. The molecule has 190 valence electrons. The number of aromatic nitrogens is 1. The summed E-state index contributed by atoms with van der Waals surface area (Å²) in [4.78, 5) is 10.6. The van der Waals surface area contributed by atoms with Gasteiger partial charge in [0, 0.05) is 45.1 Å². The lowest BCUT2D eigenvalue weighted by Gasteiger charge is -2.28. The highest BCUT2D eigenvalue weighted by molar-refractivity contribution is 7.96. The van der Waals surface area contributed by atoms with E-state index in [2.05, 4.69) is 24.9 Å². The van der Waals surface area contributed by atoms with E-state index in [-0.39, 0.29) is 26.6 Å². The lowest BCUT2D eigenvalue weighted by molar-refractivity contribution is 0.470. The lowest BCUT2D eigenvalue weighted by Crippen LogP contribution is -2.43. The van der Waals surface area contributed by atoms with Crippen molar-refractivity contribution < 1.29 is 8.76 Å². The minimum Gasteiger partial charge on any atom is -0.588 e. The first-order chi connectivity index (χ1) is 16.5. The van der Waals surface area contributed by atoms with E-state index in [1.54, 1.807) is 32.3 Å². The lowest BCUT2D eigenvalue weighted by atomic mass is 10.1. The number of sulfonamides is 1. The molecule has 0 spiro atoms. The summed E-state index contributed by atoms with van der Waals surface area (Å²) in [6.07, 6.45) is 2.23. The van der Waals surface area contributed by atoms with Gasteiger partial charge >= 0.3 is 0 Å². The van der Waals surface area contributed by atoms with Crippen LogP contribution >= 0.6 is 23.2 Å². The molecule has 1 fully saturated rings. The van der Waals surface area contributed by atoms with Crippen LogP contribution in [0.4, 0.5) is 5.82 Å². The Morgan fingerprint density at radius 1 is 1.26 bits per heavy atom. The van der Waals surface area contributed by atoms with Crippen LogP contribution in [0.1, 0.15) is 27.2 Å². The standard InChI is InChI=1S/C24H32Cl2N6O2S/c1-15(2)11-21(27)23(16(3)28-4)31-35(33,34)24-19(25)12-18(13-20(24)26)17-5-6-30-22(14-17)32-9-7-29-8-10-32/h5-6,12-15,29H,7-11,27H2,1-4H3,(H-,31,33,34). The van der Waals surface area contributed by atoms with Gasteiger partial charge in [0.25, 0.3) is 0 Å². The van der Waals surface area contributed by atoms with Crippen LogP contribution < -0.4 is 20.7 Å². The number of halogens is 2. The zero-order valence-electron chi connectivity index (χ0n) is 20.4. The SMILES string of the molecule is CN=C(C)C(N[S+](=O)([O-])c1c(Cl)cc(-c2ccnc(N3CCNCC3)c2)cc1Cl)=C(N)CC(C)C. The maximum atomic E-state index is 13.4. The van der Waals surface area contributed by atoms with Gasteiger partial charge < -0.3 is 20.5 Å². The van der Waals surface area contributed by atoms with Crippen molar-refractivity contribution in [3.05, 3.63) is 51.9 Å². The van der Waals surface area contributed by atoms with Gasteiger partial charge in [-0.3, -0.25) is 4.99 Å². The van der Waals surface area contributed by atoms with Crippen molar-refractivity contribution in [3.8, 4) is 11.1 Å². The monoisotopic (exact) mass is 538 g/mol. The maximum absolute atomic E-state index is 13.4. The van der Waals surface area contributed by atoms with Crippen LogP contribution in [-0.2, 0) is 14.6 Å². The predicted octanol–water partition coefficient (Wildman–Crippen LogP) is 4.27. The first-order valence-electron chi connectivity index (χ1n) is 11.4. The highest BCUT2D eigenvalue weighted by atomic mass is 35.5. The molecule has 8 nitrogen and oxygen atoms in total. The van der Waals surface area contributed by atoms with Gasteiger partial charge in [0.2, 0.25) is 4.90 Å². The average molecular weight is 540 g/mol. The molecule has 4 N–H and O–H groups in total. The Bertz CT molecular complexity index is 1160. The summed E-state index contributed by atoms with van der Waals surface area (Å²) in [5.74, 6) is 1.08.